The number of carboxylic acid groups (broad SMARTS) is 1. The first-order valence-corrected chi connectivity index (χ1v) is 4.72. The van der Waals surface area contributed by atoms with Crippen molar-refractivity contribution in [1.29, 1.82) is 0 Å². The van der Waals surface area contributed by atoms with E-state index in [1.807, 2.05) is 4.90 Å². The number of hydrogen-bond donors (Lipinski definition) is 1. The molecular weight excluding hydrogens is 186 g/mol. The summed E-state index contributed by atoms with van der Waals surface area (Å²) < 4.78 is 5.27. The minimum Gasteiger partial charge on any atom is -0.480 e. The third-order valence-electron chi connectivity index (χ3n) is 2.76. The van der Waals surface area contributed by atoms with Gasteiger partial charge >= 0.3 is 5.97 Å². The molecule has 2 rings (SSSR count). The monoisotopic (exact) mass is 199 g/mol. The number of nitrogens with zero attached hydrogens (tertiary/aromatic N) is 1. The van der Waals surface area contributed by atoms with E-state index in [4.69, 9.17) is 9.84 Å². The van der Waals surface area contributed by atoms with Crippen molar-refractivity contribution in [1.82, 2.24) is 4.90 Å². The van der Waals surface area contributed by atoms with Crippen LogP contribution in [0.3, 0.4) is 0 Å². The van der Waals surface area contributed by atoms with Gasteiger partial charge in [-0.1, -0.05) is 0 Å². The summed E-state index contributed by atoms with van der Waals surface area (Å²) in [6, 6.07) is 0. The number of Topliss-reactive ketones (excluding diaryl/α,β-unsaturated/α-hetero) is 1. The summed E-state index contributed by atoms with van der Waals surface area (Å²) in [5, 5.41) is 8.64. The standard InChI is InChI=1S/C9H13NO4/c11-8(12)3-10-1-6-4-14-5-7(2-10)9(6)13/h6-7H,1-5H2,(H,11,12). The van der Waals surface area contributed by atoms with E-state index in [2.05, 4.69) is 0 Å². The molecule has 0 aromatic heterocycles. The third kappa shape index (κ3) is 1.78. The molecule has 1 N–H and O–H groups in total. The van der Waals surface area contributed by atoms with Crippen LogP contribution in [0.25, 0.3) is 0 Å². The zero-order valence-corrected chi connectivity index (χ0v) is 7.81. The number of fused-ring (bicyclic) bond motifs is 2. The molecule has 0 saturated carbocycles. The van der Waals surface area contributed by atoms with E-state index in [0.717, 1.165) is 0 Å². The number of likely N-dealkylation sites (tertiary alicyclic amines) is 1. The SMILES string of the molecule is O=C(O)CN1CC2COCC(C1)C2=O. The average Bonchev–Trinajstić information content (AvgIpc) is 2.05. The first-order chi connectivity index (χ1) is 6.66. The fourth-order valence-electron chi connectivity index (χ4n) is 2.15. The van der Waals surface area contributed by atoms with Gasteiger partial charge in [-0.15, -0.1) is 0 Å². The summed E-state index contributed by atoms with van der Waals surface area (Å²) in [6.07, 6.45) is 0. The lowest BCUT2D eigenvalue weighted by Gasteiger charge is -2.39. The van der Waals surface area contributed by atoms with Crippen LogP contribution < -0.4 is 0 Å². The molecule has 0 aromatic rings. The van der Waals surface area contributed by atoms with Crippen molar-refractivity contribution in [3.05, 3.63) is 0 Å². The summed E-state index contributed by atoms with van der Waals surface area (Å²) >= 11 is 0. The van der Waals surface area contributed by atoms with Crippen LogP contribution in [0.2, 0.25) is 0 Å². The number of ether oxygens (including phenoxy) is 1. The first-order valence-electron chi connectivity index (χ1n) is 4.72. The molecule has 0 aromatic carbocycles. The Morgan fingerprint density at radius 3 is 2.50 bits per heavy atom. The zero-order valence-electron chi connectivity index (χ0n) is 7.81. The van der Waals surface area contributed by atoms with Crippen molar-refractivity contribution >= 4 is 11.8 Å². The number of ketones is 1. The van der Waals surface area contributed by atoms with Gasteiger partial charge in [-0.3, -0.25) is 14.5 Å². The Hall–Kier alpha value is -0.940. The number of carbonyl (C=O) groups excluding carboxylic acids is 1. The molecule has 2 bridgehead atoms. The summed E-state index contributed by atoms with van der Waals surface area (Å²) in [6.45, 7) is 1.99. The van der Waals surface area contributed by atoms with Crippen LogP contribution in [-0.4, -0.2) is 54.6 Å². The molecule has 2 atom stereocenters. The Morgan fingerprint density at radius 2 is 2.00 bits per heavy atom. The van der Waals surface area contributed by atoms with E-state index in [0.29, 0.717) is 26.3 Å². The lowest BCUT2D eigenvalue weighted by molar-refractivity contribution is -0.149. The van der Waals surface area contributed by atoms with Crippen molar-refractivity contribution in [2.45, 2.75) is 0 Å². The number of rotatable bonds is 2. The van der Waals surface area contributed by atoms with Crippen LogP contribution in [0.4, 0.5) is 0 Å². The second-order valence-electron chi connectivity index (χ2n) is 3.92. The molecule has 0 radical (unpaired) electrons. The van der Waals surface area contributed by atoms with Gasteiger partial charge in [-0.25, -0.2) is 0 Å². The minimum atomic E-state index is -0.835. The smallest absolute Gasteiger partial charge is 0.317 e. The first kappa shape index (κ1) is 9.61. The average molecular weight is 199 g/mol. The fourth-order valence-corrected chi connectivity index (χ4v) is 2.15. The highest BCUT2D eigenvalue weighted by molar-refractivity contribution is 5.85. The Kier molecular flexibility index (Phi) is 2.52. The number of piperidine rings is 1. The van der Waals surface area contributed by atoms with Gasteiger partial charge in [-0.05, 0) is 0 Å². The topological polar surface area (TPSA) is 66.8 Å². The second kappa shape index (κ2) is 3.67. The highest BCUT2D eigenvalue weighted by Crippen LogP contribution is 2.23. The van der Waals surface area contributed by atoms with Gasteiger partial charge in [-0.2, -0.15) is 0 Å². The Balaban J connectivity index is 2.00. The van der Waals surface area contributed by atoms with E-state index in [9.17, 15) is 9.59 Å². The normalized spacial score (nSPS) is 33.0. The Morgan fingerprint density at radius 1 is 1.43 bits per heavy atom. The predicted molar refractivity (Wildman–Crippen MR) is 46.9 cm³/mol. The van der Waals surface area contributed by atoms with Crippen molar-refractivity contribution in [3.8, 4) is 0 Å². The number of aliphatic carboxylic acids is 1. The van der Waals surface area contributed by atoms with Crippen LogP contribution in [0.5, 0.6) is 0 Å². The Labute approximate surface area is 81.6 Å². The van der Waals surface area contributed by atoms with Gasteiger partial charge in [0.1, 0.15) is 5.78 Å². The van der Waals surface area contributed by atoms with Crippen molar-refractivity contribution in [2.75, 3.05) is 32.8 Å². The quantitative estimate of drug-likeness (QED) is 0.631. The van der Waals surface area contributed by atoms with Gasteiger partial charge in [0.25, 0.3) is 0 Å². The highest BCUT2D eigenvalue weighted by atomic mass is 16.5. The minimum absolute atomic E-state index is 0.0281. The maximum Gasteiger partial charge on any atom is 0.317 e. The molecule has 2 fully saturated rings. The predicted octanol–water partition coefficient (Wildman–Crippen LogP) is -0.782. The highest BCUT2D eigenvalue weighted by Gasteiger charge is 2.39. The van der Waals surface area contributed by atoms with E-state index >= 15 is 0 Å². The molecule has 5 heteroatoms. The number of carboxylic acids is 1. The fraction of sp³-hybridized carbons (Fsp3) is 0.778. The molecule has 2 unspecified atom stereocenters. The van der Waals surface area contributed by atoms with E-state index in [1.54, 1.807) is 0 Å². The van der Waals surface area contributed by atoms with Crippen LogP contribution in [0.15, 0.2) is 0 Å². The van der Waals surface area contributed by atoms with E-state index in [1.165, 1.54) is 0 Å². The summed E-state index contributed by atoms with van der Waals surface area (Å²) in [7, 11) is 0. The Bertz CT molecular complexity index is 250. The number of hydrogen-bond acceptors (Lipinski definition) is 4. The maximum atomic E-state index is 11.6. The van der Waals surface area contributed by atoms with Crippen LogP contribution >= 0.6 is 0 Å². The van der Waals surface area contributed by atoms with E-state index < -0.39 is 5.97 Å². The van der Waals surface area contributed by atoms with E-state index in [-0.39, 0.29) is 24.2 Å². The van der Waals surface area contributed by atoms with Crippen molar-refractivity contribution < 1.29 is 19.4 Å². The summed E-state index contributed by atoms with van der Waals surface area (Å²) in [5.74, 6) is -0.806. The van der Waals surface area contributed by atoms with Gasteiger partial charge < -0.3 is 9.84 Å². The molecule has 5 nitrogen and oxygen atoms in total. The molecule has 0 amide bonds. The molecule has 2 aliphatic rings. The second-order valence-corrected chi connectivity index (χ2v) is 3.92. The molecule has 14 heavy (non-hydrogen) atoms. The van der Waals surface area contributed by atoms with Gasteiger partial charge in [0.15, 0.2) is 0 Å². The summed E-state index contributed by atoms with van der Waals surface area (Å²) in [5.41, 5.74) is 0. The van der Waals surface area contributed by atoms with Crippen LogP contribution in [0, 0.1) is 11.8 Å². The molecule has 2 saturated heterocycles. The molecule has 2 aliphatic heterocycles. The number of carbonyl (C=O) groups is 2. The summed E-state index contributed by atoms with van der Waals surface area (Å²) in [4.78, 5) is 23.9. The van der Waals surface area contributed by atoms with Gasteiger partial charge in [0.05, 0.1) is 31.6 Å². The molecule has 0 spiro atoms. The third-order valence-corrected chi connectivity index (χ3v) is 2.76. The lowest BCUT2D eigenvalue weighted by atomic mass is 9.86. The largest absolute Gasteiger partial charge is 0.480 e. The van der Waals surface area contributed by atoms with Crippen LogP contribution in [0.1, 0.15) is 0 Å². The molecule has 0 aliphatic carbocycles. The molecule has 2 heterocycles. The molecular formula is C9H13NO4. The van der Waals surface area contributed by atoms with Gasteiger partial charge in [0.2, 0.25) is 0 Å². The van der Waals surface area contributed by atoms with Crippen molar-refractivity contribution in [3.63, 3.8) is 0 Å². The maximum absolute atomic E-state index is 11.6. The molecule has 78 valence electrons. The zero-order chi connectivity index (χ0) is 10.1. The van der Waals surface area contributed by atoms with Gasteiger partial charge in [0, 0.05) is 13.1 Å². The van der Waals surface area contributed by atoms with Crippen molar-refractivity contribution in [2.24, 2.45) is 11.8 Å². The lowest BCUT2D eigenvalue weighted by Crippen LogP contribution is -2.53. The van der Waals surface area contributed by atoms with Crippen LogP contribution in [-0.2, 0) is 14.3 Å².